The van der Waals surface area contributed by atoms with Crippen molar-refractivity contribution in [3.63, 3.8) is 0 Å². The molecule has 0 aromatic rings. The molecule has 0 aromatic heterocycles. The Balaban J connectivity index is 0. The normalized spacial score (nSPS) is 16.5. The fraction of sp³-hybridized carbons (Fsp3) is 1.00. The van der Waals surface area contributed by atoms with Crippen LogP contribution in [0.15, 0.2) is 0 Å². The topological polar surface area (TPSA) is 149 Å². The summed E-state index contributed by atoms with van der Waals surface area (Å²) in [5.41, 5.74) is -4.36. The Labute approximate surface area is 109 Å². The first-order chi connectivity index (χ1) is 6.05. The van der Waals surface area contributed by atoms with E-state index >= 15 is 0 Å². The van der Waals surface area contributed by atoms with E-state index in [0.29, 0.717) is 0 Å². The minimum absolute atomic E-state index is 0. The van der Waals surface area contributed by atoms with E-state index in [0.717, 1.165) is 0 Å². The van der Waals surface area contributed by atoms with Crippen molar-refractivity contribution in [1.29, 1.82) is 0 Å². The van der Waals surface area contributed by atoms with Crippen molar-refractivity contribution in [1.82, 2.24) is 0 Å². The molecule has 0 saturated heterocycles. The van der Waals surface area contributed by atoms with Gasteiger partial charge in [0.05, 0.1) is 0 Å². The van der Waals surface area contributed by atoms with Gasteiger partial charge in [-0.2, -0.15) is 16.8 Å². The summed E-state index contributed by atoms with van der Waals surface area (Å²) in [5.74, 6) is 0. The number of rotatable bonds is 5. The van der Waals surface area contributed by atoms with Gasteiger partial charge in [-0.3, -0.25) is 9.11 Å². The molecule has 8 nitrogen and oxygen atoms in total. The zero-order valence-electron chi connectivity index (χ0n) is 6.81. The molecule has 0 spiro atoms. The summed E-state index contributed by atoms with van der Waals surface area (Å²) in [6.07, 6.45) is -1.42. The SMILES string of the molecule is O=S(=O)(O)C(O)CCC(O)S(=O)(=O)O.[NaH]. The van der Waals surface area contributed by atoms with Crippen LogP contribution in [0, 0.1) is 0 Å². The molecule has 0 amide bonds. The quantitative estimate of drug-likeness (QED) is 0.318. The molecule has 15 heavy (non-hydrogen) atoms. The number of aliphatic hydroxyl groups excluding tert-OH is 2. The fourth-order valence-electron chi connectivity index (χ4n) is 0.583. The van der Waals surface area contributed by atoms with E-state index in [1.807, 2.05) is 0 Å². The molecule has 0 aliphatic rings. The van der Waals surface area contributed by atoms with Crippen molar-refractivity contribution >= 4 is 49.8 Å². The molecule has 11 heteroatoms. The third-order valence-corrected chi connectivity index (χ3v) is 3.19. The van der Waals surface area contributed by atoms with Gasteiger partial charge in [-0.25, -0.2) is 0 Å². The number of aliphatic hydroxyl groups is 2. The Morgan fingerprint density at radius 1 is 0.800 bits per heavy atom. The van der Waals surface area contributed by atoms with E-state index < -0.39 is 43.9 Å². The molecule has 0 aromatic carbocycles. The van der Waals surface area contributed by atoms with Crippen LogP contribution in [0.2, 0.25) is 0 Å². The molecule has 0 radical (unpaired) electrons. The molecule has 0 heterocycles. The Morgan fingerprint density at radius 3 is 1.13 bits per heavy atom. The second-order valence-corrected chi connectivity index (χ2v) is 5.66. The molecule has 0 rings (SSSR count). The molecule has 2 atom stereocenters. The zero-order chi connectivity index (χ0) is 11.6. The molecule has 4 N–H and O–H groups in total. The molecular formula is C4H11NaO8S2. The van der Waals surface area contributed by atoms with E-state index in [9.17, 15) is 16.8 Å². The summed E-state index contributed by atoms with van der Waals surface area (Å²) in [4.78, 5) is 0. The third-order valence-electron chi connectivity index (χ3n) is 1.35. The molecule has 88 valence electrons. The van der Waals surface area contributed by atoms with Gasteiger partial charge in [-0.05, 0) is 12.8 Å². The maximum absolute atomic E-state index is 10.2. The summed E-state index contributed by atoms with van der Waals surface area (Å²) in [7, 11) is -9.35. The van der Waals surface area contributed by atoms with Gasteiger partial charge in [0.25, 0.3) is 20.2 Å². The number of hydrogen-bond acceptors (Lipinski definition) is 6. The van der Waals surface area contributed by atoms with E-state index in [1.165, 1.54) is 0 Å². The predicted molar refractivity (Wildman–Crippen MR) is 51.5 cm³/mol. The van der Waals surface area contributed by atoms with Crippen LogP contribution >= 0.6 is 0 Å². The average molecular weight is 274 g/mol. The molecule has 2 unspecified atom stereocenters. The first-order valence-electron chi connectivity index (χ1n) is 3.34. The van der Waals surface area contributed by atoms with Crippen molar-refractivity contribution in [2.75, 3.05) is 0 Å². The second-order valence-electron chi connectivity index (χ2n) is 2.52. The Hall–Kier alpha value is 0.740. The Morgan fingerprint density at radius 2 is 1.00 bits per heavy atom. The Kier molecular flexibility index (Phi) is 7.81. The van der Waals surface area contributed by atoms with Gasteiger partial charge >= 0.3 is 29.6 Å². The summed E-state index contributed by atoms with van der Waals surface area (Å²) in [5, 5.41) is 17.3. The first kappa shape index (κ1) is 18.1. The van der Waals surface area contributed by atoms with E-state index in [1.54, 1.807) is 0 Å². The van der Waals surface area contributed by atoms with Gasteiger partial charge in [0.15, 0.2) is 10.9 Å². The van der Waals surface area contributed by atoms with Crippen LogP contribution in [0.5, 0.6) is 0 Å². The minimum atomic E-state index is -4.68. The molecule has 0 saturated carbocycles. The van der Waals surface area contributed by atoms with Crippen LogP contribution < -0.4 is 0 Å². The van der Waals surface area contributed by atoms with Crippen LogP contribution in [0.25, 0.3) is 0 Å². The molecule has 0 bridgehead atoms. The van der Waals surface area contributed by atoms with Crippen LogP contribution in [0.3, 0.4) is 0 Å². The predicted octanol–water partition coefficient (Wildman–Crippen LogP) is -2.47. The molecule has 0 fully saturated rings. The molecule has 0 aliphatic heterocycles. The summed E-state index contributed by atoms with van der Waals surface area (Å²) >= 11 is 0. The van der Waals surface area contributed by atoms with Gasteiger partial charge < -0.3 is 10.2 Å². The van der Waals surface area contributed by atoms with Crippen molar-refractivity contribution in [3.05, 3.63) is 0 Å². The first-order valence-corrected chi connectivity index (χ1v) is 6.34. The van der Waals surface area contributed by atoms with Crippen LogP contribution in [-0.2, 0) is 20.2 Å². The van der Waals surface area contributed by atoms with Crippen molar-refractivity contribution in [2.24, 2.45) is 0 Å². The van der Waals surface area contributed by atoms with Gasteiger partial charge in [-0.15, -0.1) is 0 Å². The maximum atomic E-state index is 10.2. The van der Waals surface area contributed by atoms with Crippen molar-refractivity contribution in [3.8, 4) is 0 Å². The molecular weight excluding hydrogens is 263 g/mol. The van der Waals surface area contributed by atoms with Gasteiger partial charge in [0.1, 0.15) is 0 Å². The summed E-state index contributed by atoms with van der Waals surface area (Å²) < 4.78 is 57.3. The van der Waals surface area contributed by atoms with Crippen molar-refractivity contribution < 1.29 is 36.2 Å². The Bertz CT molecular complexity index is 333. The van der Waals surface area contributed by atoms with Gasteiger partial charge in [0, 0.05) is 0 Å². The molecule has 0 aliphatic carbocycles. The van der Waals surface area contributed by atoms with Gasteiger partial charge in [0.2, 0.25) is 0 Å². The van der Waals surface area contributed by atoms with E-state index in [2.05, 4.69) is 0 Å². The van der Waals surface area contributed by atoms with Crippen LogP contribution in [0.4, 0.5) is 0 Å². The standard InChI is InChI=1S/C4H10O8S2.Na.H/c5-3(13(7,8)9)1-2-4(6)14(10,11)12;;/h3-6H,1-2H2,(H,7,8,9)(H,10,11,12);;. The zero-order valence-corrected chi connectivity index (χ0v) is 8.44. The average Bonchev–Trinajstić information content (AvgIpc) is 1.95. The third kappa shape index (κ3) is 7.60. The summed E-state index contributed by atoms with van der Waals surface area (Å²) in [6, 6.07) is 0. The van der Waals surface area contributed by atoms with Crippen LogP contribution in [-0.4, -0.2) is 76.6 Å². The summed E-state index contributed by atoms with van der Waals surface area (Å²) in [6.45, 7) is 0. The van der Waals surface area contributed by atoms with Crippen molar-refractivity contribution in [2.45, 2.75) is 23.7 Å². The van der Waals surface area contributed by atoms with Gasteiger partial charge in [-0.1, -0.05) is 0 Å². The van der Waals surface area contributed by atoms with Crippen LogP contribution in [0.1, 0.15) is 12.8 Å². The van der Waals surface area contributed by atoms with E-state index in [4.69, 9.17) is 19.3 Å². The number of hydrogen-bond donors (Lipinski definition) is 4. The van der Waals surface area contributed by atoms with E-state index in [-0.39, 0.29) is 29.6 Å². The fourth-order valence-corrected chi connectivity index (χ4v) is 1.45. The monoisotopic (exact) mass is 274 g/mol. The second kappa shape index (κ2) is 6.47.